The summed E-state index contributed by atoms with van der Waals surface area (Å²) in [7, 11) is 0. The molecule has 0 aliphatic rings. The summed E-state index contributed by atoms with van der Waals surface area (Å²) in [6.45, 7) is 0.238. The van der Waals surface area contributed by atoms with Crippen molar-refractivity contribution in [3.63, 3.8) is 0 Å². The third-order valence-electron chi connectivity index (χ3n) is 2.82. The second kappa shape index (κ2) is 5.83. The number of nitrogens with zero attached hydrogens (tertiary/aromatic N) is 1. The van der Waals surface area contributed by atoms with Crippen molar-refractivity contribution in [3.05, 3.63) is 69.8 Å². The Bertz CT molecular complexity index is 641. The topological polar surface area (TPSA) is 98.3 Å². The van der Waals surface area contributed by atoms with E-state index in [1.54, 1.807) is 12.1 Å². The number of carbonyl (C=O) groups excluding carboxylic acids is 1. The number of nitrogens with one attached hydrogen (secondary N) is 1. The number of nitro groups is 1. The molecule has 0 spiro atoms. The van der Waals surface area contributed by atoms with Crippen LogP contribution >= 0.6 is 0 Å². The van der Waals surface area contributed by atoms with E-state index in [-0.39, 0.29) is 17.8 Å². The molecule has 20 heavy (non-hydrogen) atoms. The molecule has 102 valence electrons. The summed E-state index contributed by atoms with van der Waals surface area (Å²) in [5, 5.41) is 14.2. The molecule has 0 aliphatic carbocycles. The van der Waals surface area contributed by atoms with Gasteiger partial charge in [-0.15, -0.1) is 0 Å². The van der Waals surface area contributed by atoms with Gasteiger partial charge in [-0.05, 0) is 18.2 Å². The molecule has 2 aromatic rings. The fourth-order valence-corrected chi connectivity index (χ4v) is 1.90. The molecule has 0 aliphatic heterocycles. The highest BCUT2D eigenvalue weighted by Gasteiger charge is 2.22. The maximum Gasteiger partial charge on any atom is 0.287 e. The van der Waals surface area contributed by atoms with Crippen molar-refractivity contribution in [2.24, 2.45) is 5.73 Å². The first kappa shape index (κ1) is 13.5. The molecule has 0 unspecified atom stereocenters. The highest BCUT2D eigenvalue weighted by molar-refractivity contribution is 5.97. The quantitative estimate of drug-likeness (QED) is 0.644. The molecule has 0 bridgehead atoms. The number of benzene rings is 2. The van der Waals surface area contributed by atoms with Crippen molar-refractivity contribution in [1.29, 1.82) is 0 Å². The van der Waals surface area contributed by atoms with Gasteiger partial charge < -0.3 is 11.1 Å². The van der Waals surface area contributed by atoms with Gasteiger partial charge in [-0.25, -0.2) is 0 Å². The summed E-state index contributed by atoms with van der Waals surface area (Å²) in [6, 6.07) is 13.8. The summed E-state index contributed by atoms with van der Waals surface area (Å²) in [4.78, 5) is 21.8. The van der Waals surface area contributed by atoms with Gasteiger partial charge in [-0.1, -0.05) is 30.3 Å². The minimum atomic E-state index is -0.807. The number of amides is 1. The van der Waals surface area contributed by atoms with E-state index >= 15 is 0 Å². The monoisotopic (exact) mass is 271 g/mol. The Morgan fingerprint density at radius 3 is 2.45 bits per heavy atom. The minimum absolute atomic E-state index is 0.0811. The van der Waals surface area contributed by atoms with Gasteiger partial charge in [0.15, 0.2) is 0 Å². The summed E-state index contributed by atoms with van der Waals surface area (Å²) in [5.74, 6) is -0.807. The third kappa shape index (κ3) is 2.92. The number of rotatable bonds is 5. The molecular formula is C14H13N3O3. The molecule has 0 saturated carbocycles. The van der Waals surface area contributed by atoms with Gasteiger partial charge in [-0.3, -0.25) is 14.9 Å². The van der Waals surface area contributed by atoms with Crippen molar-refractivity contribution in [2.75, 3.05) is 5.32 Å². The number of primary amides is 1. The van der Waals surface area contributed by atoms with Crippen molar-refractivity contribution >= 4 is 17.3 Å². The lowest BCUT2D eigenvalue weighted by atomic mass is 10.1. The van der Waals surface area contributed by atoms with E-state index < -0.39 is 10.8 Å². The zero-order chi connectivity index (χ0) is 14.5. The molecule has 0 atom stereocenters. The van der Waals surface area contributed by atoms with Gasteiger partial charge in [0, 0.05) is 17.8 Å². The zero-order valence-corrected chi connectivity index (χ0v) is 10.6. The van der Waals surface area contributed by atoms with E-state index in [1.807, 2.05) is 30.3 Å². The molecule has 2 aromatic carbocycles. The average Bonchev–Trinajstić information content (AvgIpc) is 2.45. The second-order valence-corrected chi connectivity index (χ2v) is 4.15. The molecule has 0 fully saturated rings. The number of para-hydroxylation sites is 2. The fraction of sp³-hybridized carbons (Fsp3) is 0.0714. The van der Waals surface area contributed by atoms with Gasteiger partial charge >= 0.3 is 0 Å². The summed E-state index contributed by atoms with van der Waals surface area (Å²) in [5.41, 5.74) is 6.09. The number of nitrogens with two attached hydrogens (primary N) is 1. The second-order valence-electron chi connectivity index (χ2n) is 4.15. The Morgan fingerprint density at radius 1 is 1.15 bits per heavy atom. The van der Waals surface area contributed by atoms with Crippen LogP contribution in [0, 0.1) is 10.1 Å². The fourth-order valence-electron chi connectivity index (χ4n) is 1.90. The standard InChI is InChI=1S/C14H13N3O3/c15-14(18)12-8-4-5-10(13(12)17(19)20)9-16-11-6-2-1-3-7-11/h1-8,16H,9H2,(H2,15,18). The van der Waals surface area contributed by atoms with Gasteiger partial charge in [0.05, 0.1) is 4.92 Å². The Labute approximate surface area is 115 Å². The van der Waals surface area contributed by atoms with E-state index in [0.29, 0.717) is 5.56 Å². The van der Waals surface area contributed by atoms with E-state index in [1.165, 1.54) is 6.07 Å². The van der Waals surface area contributed by atoms with E-state index in [0.717, 1.165) is 5.69 Å². The van der Waals surface area contributed by atoms with Crippen molar-refractivity contribution in [3.8, 4) is 0 Å². The van der Waals surface area contributed by atoms with E-state index in [4.69, 9.17) is 5.73 Å². The van der Waals surface area contributed by atoms with Crippen molar-refractivity contribution in [2.45, 2.75) is 6.54 Å². The number of hydrogen-bond donors (Lipinski definition) is 2. The van der Waals surface area contributed by atoms with Crippen molar-refractivity contribution < 1.29 is 9.72 Å². The first-order valence-corrected chi connectivity index (χ1v) is 5.94. The maximum atomic E-state index is 11.3. The highest BCUT2D eigenvalue weighted by atomic mass is 16.6. The molecular weight excluding hydrogens is 258 g/mol. The van der Waals surface area contributed by atoms with Crippen LogP contribution in [-0.4, -0.2) is 10.8 Å². The number of anilines is 1. The highest BCUT2D eigenvalue weighted by Crippen LogP contribution is 2.24. The van der Waals surface area contributed by atoms with Crippen LogP contribution in [0.25, 0.3) is 0 Å². The molecule has 6 nitrogen and oxygen atoms in total. The summed E-state index contributed by atoms with van der Waals surface area (Å²) in [6.07, 6.45) is 0. The van der Waals surface area contributed by atoms with Crippen LogP contribution in [0.1, 0.15) is 15.9 Å². The largest absolute Gasteiger partial charge is 0.381 e. The Morgan fingerprint density at radius 2 is 1.85 bits per heavy atom. The van der Waals surface area contributed by atoms with Gasteiger partial charge in [0.25, 0.3) is 11.6 Å². The number of carbonyl (C=O) groups is 1. The predicted molar refractivity (Wildman–Crippen MR) is 75.4 cm³/mol. The lowest BCUT2D eigenvalue weighted by molar-refractivity contribution is -0.385. The van der Waals surface area contributed by atoms with Gasteiger partial charge in [-0.2, -0.15) is 0 Å². The molecule has 0 heterocycles. The Balaban J connectivity index is 2.30. The van der Waals surface area contributed by atoms with E-state index in [2.05, 4.69) is 5.32 Å². The van der Waals surface area contributed by atoms with Crippen LogP contribution in [0.15, 0.2) is 48.5 Å². The number of hydrogen-bond acceptors (Lipinski definition) is 4. The Kier molecular flexibility index (Phi) is 3.95. The zero-order valence-electron chi connectivity index (χ0n) is 10.6. The van der Waals surface area contributed by atoms with Crippen LogP contribution in [0.2, 0.25) is 0 Å². The molecule has 0 saturated heterocycles. The van der Waals surface area contributed by atoms with Crippen LogP contribution < -0.4 is 11.1 Å². The third-order valence-corrected chi connectivity index (χ3v) is 2.82. The molecule has 0 radical (unpaired) electrons. The van der Waals surface area contributed by atoms with Gasteiger partial charge in [0.1, 0.15) is 5.56 Å². The van der Waals surface area contributed by atoms with Crippen LogP contribution in [0.4, 0.5) is 11.4 Å². The lowest BCUT2D eigenvalue weighted by Crippen LogP contribution is -2.15. The van der Waals surface area contributed by atoms with E-state index in [9.17, 15) is 14.9 Å². The minimum Gasteiger partial charge on any atom is -0.381 e. The normalized spacial score (nSPS) is 10.0. The van der Waals surface area contributed by atoms with Crippen LogP contribution in [-0.2, 0) is 6.54 Å². The summed E-state index contributed by atoms with van der Waals surface area (Å²) < 4.78 is 0. The molecule has 6 heteroatoms. The van der Waals surface area contributed by atoms with Crippen LogP contribution in [0.5, 0.6) is 0 Å². The Hall–Kier alpha value is -2.89. The lowest BCUT2D eigenvalue weighted by Gasteiger charge is -2.08. The maximum absolute atomic E-state index is 11.3. The van der Waals surface area contributed by atoms with Crippen LogP contribution in [0.3, 0.4) is 0 Å². The van der Waals surface area contributed by atoms with Crippen molar-refractivity contribution in [1.82, 2.24) is 0 Å². The molecule has 0 aromatic heterocycles. The predicted octanol–water partition coefficient (Wildman–Crippen LogP) is 2.31. The smallest absolute Gasteiger partial charge is 0.287 e. The molecule has 2 rings (SSSR count). The molecule has 3 N–H and O–H groups in total. The van der Waals surface area contributed by atoms with Gasteiger partial charge in [0.2, 0.25) is 0 Å². The molecule has 1 amide bonds. The SMILES string of the molecule is NC(=O)c1cccc(CNc2ccccc2)c1[N+](=O)[O-]. The average molecular weight is 271 g/mol. The first-order chi connectivity index (χ1) is 9.59. The number of nitro benzene ring substituents is 1. The first-order valence-electron chi connectivity index (χ1n) is 5.94. The summed E-state index contributed by atoms with van der Waals surface area (Å²) >= 11 is 0.